The number of benzene rings is 4. The molecule has 0 N–H and O–H groups in total. The third-order valence-electron chi connectivity index (χ3n) is 9.19. The number of pyridine rings is 2. The average Bonchev–Trinajstić information content (AvgIpc) is 3.22. The van der Waals surface area contributed by atoms with E-state index < -0.39 is 0 Å². The second-order valence-electron chi connectivity index (χ2n) is 13.2. The molecule has 2 heterocycles. The summed E-state index contributed by atoms with van der Waals surface area (Å²) in [6.07, 6.45) is 23.7. The van der Waals surface area contributed by atoms with Crippen molar-refractivity contribution in [1.82, 2.24) is 9.97 Å². The standard InChI is InChI=1S/C50H46N4/c1-7-10-13-46(9-3)54(49-24-16-39(6)17-25-49)50-28-20-41(21-29-50)43-32-45(36-52-34-43)44-31-42(33-51-35-44)40-18-26-48(27-19-40)53(30-11-12-37(4)8-2)47-22-14-38(5)15-23-47/h7-36H,2-3H2,1,4-6H3. The fraction of sp³-hybridized carbons (Fsp3) is 0.0800. The van der Waals surface area contributed by atoms with Gasteiger partial charge in [0.1, 0.15) is 0 Å². The summed E-state index contributed by atoms with van der Waals surface area (Å²) in [6, 6.07) is 38.7. The van der Waals surface area contributed by atoms with E-state index in [-0.39, 0.29) is 0 Å². The van der Waals surface area contributed by atoms with Crippen molar-refractivity contribution in [3.63, 3.8) is 0 Å². The van der Waals surface area contributed by atoms with E-state index in [0.717, 1.165) is 67.4 Å². The first-order valence-electron chi connectivity index (χ1n) is 18.1. The number of hydrogen-bond acceptors (Lipinski definition) is 4. The van der Waals surface area contributed by atoms with Gasteiger partial charge in [0.15, 0.2) is 0 Å². The van der Waals surface area contributed by atoms with Gasteiger partial charge >= 0.3 is 0 Å². The van der Waals surface area contributed by atoms with E-state index >= 15 is 0 Å². The highest BCUT2D eigenvalue weighted by molar-refractivity contribution is 5.78. The highest BCUT2D eigenvalue weighted by Gasteiger charge is 2.14. The molecule has 54 heavy (non-hydrogen) atoms. The molecule has 4 nitrogen and oxygen atoms in total. The van der Waals surface area contributed by atoms with Crippen molar-refractivity contribution in [2.45, 2.75) is 27.7 Å². The molecule has 6 rings (SSSR count). The van der Waals surface area contributed by atoms with Crippen LogP contribution in [0.1, 0.15) is 25.0 Å². The third kappa shape index (κ3) is 8.98. The molecule has 0 radical (unpaired) electrons. The van der Waals surface area contributed by atoms with Gasteiger partial charge in [-0.2, -0.15) is 0 Å². The maximum absolute atomic E-state index is 4.64. The molecule has 0 fully saturated rings. The summed E-state index contributed by atoms with van der Waals surface area (Å²) in [7, 11) is 0. The van der Waals surface area contributed by atoms with E-state index in [2.05, 4.69) is 180 Å². The normalized spacial score (nSPS) is 11.9. The largest absolute Gasteiger partial charge is 0.317 e. The molecule has 0 aliphatic rings. The number of allylic oxidation sites excluding steroid dienone is 8. The molecule has 0 spiro atoms. The van der Waals surface area contributed by atoms with Gasteiger partial charge in [-0.15, -0.1) is 0 Å². The molecule has 4 heteroatoms. The van der Waals surface area contributed by atoms with Crippen LogP contribution in [-0.2, 0) is 0 Å². The minimum absolute atomic E-state index is 0.988. The van der Waals surface area contributed by atoms with Crippen molar-refractivity contribution in [3.05, 3.63) is 218 Å². The second-order valence-corrected chi connectivity index (χ2v) is 13.2. The number of hydrogen-bond donors (Lipinski definition) is 0. The second kappa shape index (κ2) is 17.6. The minimum Gasteiger partial charge on any atom is -0.317 e. The molecule has 0 bridgehead atoms. The van der Waals surface area contributed by atoms with Crippen LogP contribution < -0.4 is 9.80 Å². The van der Waals surface area contributed by atoms with Crippen LogP contribution in [0.3, 0.4) is 0 Å². The van der Waals surface area contributed by atoms with Gasteiger partial charge in [-0.3, -0.25) is 9.97 Å². The summed E-state index contributed by atoms with van der Waals surface area (Å²) in [5.74, 6) is 0. The van der Waals surface area contributed by atoms with Gasteiger partial charge in [-0.1, -0.05) is 103 Å². The highest BCUT2D eigenvalue weighted by atomic mass is 15.1. The van der Waals surface area contributed by atoms with Gasteiger partial charge in [-0.25, -0.2) is 0 Å². The Labute approximate surface area is 320 Å². The lowest BCUT2D eigenvalue weighted by Crippen LogP contribution is -2.14. The van der Waals surface area contributed by atoms with E-state index in [1.807, 2.05) is 62.9 Å². The van der Waals surface area contributed by atoms with Gasteiger partial charge in [0.05, 0.1) is 0 Å². The molecule has 0 atom stereocenters. The lowest BCUT2D eigenvalue weighted by atomic mass is 10.00. The molecule has 0 aliphatic carbocycles. The lowest BCUT2D eigenvalue weighted by molar-refractivity contribution is 1.21. The van der Waals surface area contributed by atoms with Crippen LogP contribution in [0.25, 0.3) is 33.4 Å². The zero-order valence-electron chi connectivity index (χ0n) is 31.5. The van der Waals surface area contributed by atoms with Crippen LogP contribution in [0.5, 0.6) is 0 Å². The summed E-state index contributed by atoms with van der Waals surface area (Å²) in [5.41, 5.74) is 15.1. The topological polar surface area (TPSA) is 32.3 Å². The summed E-state index contributed by atoms with van der Waals surface area (Å²) < 4.78 is 0. The van der Waals surface area contributed by atoms with E-state index in [1.165, 1.54) is 11.1 Å². The zero-order valence-corrected chi connectivity index (χ0v) is 31.5. The molecule has 6 aromatic rings. The van der Waals surface area contributed by atoms with Gasteiger partial charge < -0.3 is 9.80 Å². The molecular formula is C50H46N4. The Morgan fingerprint density at radius 3 is 1.39 bits per heavy atom. The van der Waals surface area contributed by atoms with Gasteiger partial charge in [0.2, 0.25) is 0 Å². The molecular weight excluding hydrogens is 657 g/mol. The van der Waals surface area contributed by atoms with E-state index in [9.17, 15) is 0 Å². The average molecular weight is 703 g/mol. The van der Waals surface area contributed by atoms with Crippen molar-refractivity contribution in [3.8, 4) is 33.4 Å². The van der Waals surface area contributed by atoms with Crippen LogP contribution >= 0.6 is 0 Å². The number of aromatic nitrogens is 2. The Kier molecular flexibility index (Phi) is 12.1. The maximum atomic E-state index is 4.64. The van der Waals surface area contributed by atoms with Crippen molar-refractivity contribution in [2.24, 2.45) is 0 Å². The predicted molar refractivity (Wildman–Crippen MR) is 231 cm³/mol. The quantitative estimate of drug-likeness (QED) is 0.112. The first-order valence-corrected chi connectivity index (χ1v) is 18.1. The van der Waals surface area contributed by atoms with E-state index in [4.69, 9.17) is 0 Å². The molecule has 4 aromatic carbocycles. The summed E-state index contributed by atoms with van der Waals surface area (Å²) in [4.78, 5) is 13.7. The molecule has 0 saturated carbocycles. The van der Waals surface area contributed by atoms with Gasteiger partial charge in [0, 0.05) is 81.7 Å². The maximum Gasteiger partial charge on any atom is 0.0462 e. The number of nitrogens with zero attached hydrogens (tertiary/aromatic N) is 4. The molecule has 266 valence electrons. The van der Waals surface area contributed by atoms with Crippen LogP contribution in [0.4, 0.5) is 22.7 Å². The summed E-state index contributed by atoms with van der Waals surface area (Å²) >= 11 is 0. The fourth-order valence-electron chi connectivity index (χ4n) is 6.07. The minimum atomic E-state index is 0.988. The van der Waals surface area contributed by atoms with Crippen LogP contribution in [0.15, 0.2) is 207 Å². The Balaban J connectivity index is 1.26. The fourth-order valence-corrected chi connectivity index (χ4v) is 6.07. The Hall–Kier alpha value is -6.78. The number of rotatable bonds is 13. The van der Waals surface area contributed by atoms with Gasteiger partial charge in [0.25, 0.3) is 0 Å². The van der Waals surface area contributed by atoms with Crippen molar-refractivity contribution < 1.29 is 0 Å². The van der Waals surface area contributed by atoms with Crippen LogP contribution in [0.2, 0.25) is 0 Å². The Bertz CT molecular complexity index is 2320. The molecule has 0 unspecified atom stereocenters. The molecule has 0 aliphatic heterocycles. The Morgan fingerprint density at radius 1 is 0.519 bits per heavy atom. The lowest BCUT2D eigenvalue weighted by Gasteiger charge is -2.26. The van der Waals surface area contributed by atoms with Crippen molar-refractivity contribution in [1.29, 1.82) is 0 Å². The molecule has 0 amide bonds. The van der Waals surface area contributed by atoms with Crippen LogP contribution in [0, 0.1) is 13.8 Å². The van der Waals surface area contributed by atoms with Crippen molar-refractivity contribution in [2.75, 3.05) is 9.80 Å². The van der Waals surface area contributed by atoms with E-state index in [0.29, 0.717) is 0 Å². The highest BCUT2D eigenvalue weighted by Crippen LogP contribution is 2.34. The first kappa shape index (κ1) is 37.0. The number of aryl methyl sites for hydroxylation is 2. The smallest absolute Gasteiger partial charge is 0.0462 e. The monoisotopic (exact) mass is 702 g/mol. The van der Waals surface area contributed by atoms with E-state index in [1.54, 1.807) is 0 Å². The zero-order chi connectivity index (χ0) is 37.9. The molecule has 2 aromatic heterocycles. The van der Waals surface area contributed by atoms with Gasteiger partial charge in [-0.05, 0) is 118 Å². The SMILES string of the molecule is C=CC(C)=CC=CN(c1ccc(C)cc1)c1ccc(-c2cncc(-c3cncc(-c4ccc(N(C(C=C)=CC=CC)c5ccc(C)cc5)cc4)c3)c2)cc1. The number of anilines is 4. The third-order valence-corrected chi connectivity index (χ3v) is 9.19. The summed E-state index contributed by atoms with van der Waals surface area (Å²) in [6.45, 7) is 16.2. The predicted octanol–water partition coefficient (Wildman–Crippen LogP) is 13.7. The van der Waals surface area contributed by atoms with Crippen molar-refractivity contribution >= 4 is 22.7 Å². The molecule has 0 saturated heterocycles. The Morgan fingerprint density at radius 2 is 0.944 bits per heavy atom. The summed E-state index contributed by atoms with van der Waals surface area (Å²) in [5, 5.41) is 0. The first-order chi connectivity index (χ1) is 26.4. The van der Waals surface area contributed by atoms with Crippen LogP contribution in [-0.4, -0.2) is 9.97 Å².